The van der Waals surface area contributed by atoms with Crippen molar-refractivity contribution in [2.75, 3.05) is 0 Å². The summed E-state index contributed by atoms with van der Waals surface area (Å²) in [7, 11) is 0. The van der Waals surface area contributed by atoms with E-state index in [2.05, 4.69) is 0 Å². The van der Waals surface area contributed by atoms with Gasteiger partial charge in [-0.2, -0.15) is 0 Å². The molecular formula is C13H22O2. The molecule has 1 N–H and O–H groups in total. The fraction of sp³-hybridized carbons (Fsp3) is 0.923. The third-order valence-corrected chi connectivity index (χ3v) is 4.12. The van der Waals surface area contributed by atoms with Gasteiger partial charge in [0.05, 0.1) is 0 Å². The number of carbonyl (C=O) groups excluding carboxylic acids is 1. The van der Waals surface area contributed by atoms with Crippen LogP contribution in [0, 0.1) is 11.8 Å². The highest BCUT2D eigenvalue weighted by molar-refractivity contribution is 5.85. The first-order chi connectivity index (χ1) is 7.27. The van der Waals surface area contributed by atoms with E-state index < -0.39 is 6.10 Å². The molecule has 0 spiro atoms. The molecule has 0 bridgehead atoms. The van der Waals surface area contributed by atoms with Gasteiger partial charge in [0, 0.05) is 5.92 Å². The van der Waals surface area contributed by atoms with E-state index in [0.717, 1.165) is 19.3 Å². The number of rotatable bonds is 4. The lowest BCUT2D eigenvalue weighted by Crippen LogP contribution is -2.33. The molecule has 2 aliphatic carbocycles. The number of Topliss-reactive ketones (excluding diaryl/α,β-unsaturated/α-hetero) is 1. The summed E-state index contributed by atoms with van der Waals surface area (Å²) in [5.41, 5.74) is 0. The van der Waals surface area contributed by atoms with Crippen molar-refractivity contribution in [3.63, 3.8) is 0 Å². The zero-order valence-electron chi connectivity index (χ0n) is 9.45. The van der Waals surface area contributed by atoms with Crippen LogP contribution >= 0.6 is 0 Å². The van der Waals surface area contributed by atoms with Gasteiger partial charge in [-0.05, 0) is 25.2 Å². The third-order valence-electron chi connectivity index (χ3n) is 4.12. The molecule has 0 amide bonds. The normalized spacial score (nSPS) is 25.9. The average molecular weight is 210 g/mol. The van der Waals surface area contributed by atoms with Gasteiger partial charge >= 0.3 is 0 Å². The summed E-state index contributed by atoms with van der Waals surface area (Å²) in [5.74, 6) is 0.938. The largest absolute Gasteiger partial charge is 0.385 e. The molecule has 86 valence electrons. The van der Waals surface area contributed by atoms with Crippen LogP contribution in [0.4, 0.5) is 0 Å². The van der Waals surface area contributed by atoms with Crippen LogP contribution in [0.3, 0.4) is 0 Å². The molecule has 0 unspecified atom stereocenters. The Labute approximate surface area is 92.1 Å². The molecule has 0 heterocycles. The van der Waals surface area contributed by atoms with E-state index in [9.17, 15) is 9.90 Å². The van der Waals surface area contributed by atoms with Crippen molar-refractivity contribution >= 4 is 5.78 Å². The minimum absolute atomic E-state index is 0.131. The first-order valence-electron chi connectivity index (χ1n) is 6.49. The Hall–Kier alpha value is -0.370. The zero-order valence-corrected chi connectivity index (χ0v) is 9.45. The topological polar surface area (TPSA) is 37.3 Å². The standard InChI is InChI=1S/C13H22O2/c14-12(13(15)11-7-4-8-11)9-10-5-2-1-3-6-10/h10-12,14H,1-9H2/t12-/m0/s1. The fourth-order valence-corrected chi connectivity index (χ4v) is 2.82. The Bertz CT molecular complexity index is 215. The van der Waals surface area contributed by atoms with Gasteiger partial charge in [0.1, 0.15) is 6.10 Å². The van der Waals surface area contributed by atoms with Crippen molar-refractivity contribution in [1.82, 2.24) is 0 Å². The summed E-state index contributed by atoms with van der Waals surface area (Å²) < 4.78 is 0. The first kappa shape index (κ1) is 11.1. The number of aliphatic hydroxyl groups excluding tert-OH is 1. The second-order valence-electron chi connectivity index (χ2n) is 5.29. The molecule has 0 aromatic rings. The van der Waals surface area contributed by atoms with E-state index in [1.165, 1.54) is 38.5 Å². The highest BCUT2D eigenvalue weighted by Crippen LogP contribution is 2.32. The monoisotopic (exact) mass is 210 g/mol. The molecule has 1 atom stereocenters. The lowest BCUT2D eigenvalue weighted by molar-refractivity contribution is -0.134. The van der Waals surface area contributed by atoms with Crippen LogP contribution in [0.15, 0.2) is 0 Å². The smallest absolute Gasteiger partial charge is 0.164 e. The first-order valence-corrected chi connectivity index (χ1v) is 6.49. The Morgan fingerprint density at radius 2 is 1.73 bits per heavy atom. The van der Waals surface area contributed by atoms with Crippen molar-refractivity contribution in [2.45, 2.75) is 63.9 Å². The van der Waals surface area contributed by atoms with Crippen LogP contribution < -0.4 is 0 Å². The second kappa shape index (κ2) is 5.11. The lowest BCUT2D eigenvalue weighted by atomic mass is 9.77. The average Bonchev–Trinajstić information content (AvgIpc) is 2.16. The maximum Gasteiger partial charge on any atom is 0.164 e. The molecule has 2 nitrogen and oxygen atoms in total. The summed E-state index contributed by atoms with van der Waals surface area (Å²) >= 11 is 0. The maximum atomic E-state index is 11.7. The van der Waals surface area contributed by atoms with Gasteiger partial charge in [-0.15, -0.1) is 0 Å². The predicted octanol–water partition coefficient (Wildman–Crippen LogP) is 2.69. The Morgan fingerprint density at radius 3 is 2.27 bits per heavy atom. The van der Waals surface area contributed by atoms with E-state index in [-0.39, 0.29) is 11.7 Å². The molecule has 2 heteroatoms. The maximum absolute atomic E-state index is 11.7. The van der Waals surface area contributed by atoms with Crippen molar-refractivity contribution in [2.24, 2.45) is 11.8 Å². The van der Waals surface area contributed by atoms with E-state index in [1.54, 1.807) is 0 Å². The van der Waals surface area contributed by atoms with Crippen molar-refractivity contribution < 1.29 is 9.90 Å². The summed E-state index contributed by atoms with van der Waals surface area (Å²) in [5, 5.41) is 9.86. The molecule has 15 heavy (non-hydrogen) atoms. The van der Waals surface area contributed by atoms with Crippen molar-refractivity contribution in [3.8, 4) is 0 Å². The molecule has 0 aromatic heterocycles. The Kier molecular flexibility index (Phi) is 3.79. The van der Waals surface area contributed by atoms with Crippen LogP contribution in [-0.4, -0.2) is 17.0 Å². The Morgan fingerprint density at radius 1 is 1.07 bits per heavy atom. The van der Waals surface area contributed by atoms with Gasteiger partial charge in [-0.25, -0.2) is 0 Å². The molecule has 0 radical (unpaired) electrons. The number of aliphatic hydroxyl groups is 1. The molecule has 0 aromatic carbocycles. The lowest BCUT2D eigenvalue weighted by Gasteiger charge is -2.29. The van der Waals surface area contributed by atoms with Crippen LogP contribution in [0.2, 0.25) is 0 Å². The van der Waals surface area contributed by atoms with E-state index in [0.29, 0.717) is 5.92 Å². The van der Waals surface area contributed by atoms with Crippen LogP contribution in [0.5, 0.6) is 0 Å². The van der Waals surface area contributed by atoms with E-state index in [1.807, 2.05) is 0 Å². The van der Waals surface area contributed by atoms with Gasteiger partial charge in [0.15, 0.2) is 5.78 Å². The highest BCUT2D eigenvalue weighted by Gasteiger charge is 2.31. The predicted molar refractivity (Wildman–Crippen MR) is 59.5 cm³/mol. The van der Waals surface area contributed by atoms with Crippen LogP contribution in [-0.2, 0) is 4.79 Å². The van der Waals surface area contributed by atoms with Gasteiger partial charge in [-0.1, -0.05) is 38.5 Å². The summed E-state index contributed by atoms with van der Waals surface area (Å²) in [6.45, 7) is 0. The number of ketones is 1. The molecule has 2 fully saturated rings. The second-order valence-corrected chi connectivity index (χ2v) is 5.29. The van der Waals surface area contributed by atoms with Crippen LogP contribution in [0.25, 0.3) is 0 Å². The highest BCUT2D eigenvalue weighted by atomic mass is 16.3. The quantitative estimate of drug-likeness (QED) is 0.774. The molecular weight excluding hydrogens is 188 g/mol. The number of hydrogen-bond acceptors (Lipinski definition) is 2. The molecule has 2 rings (SSSR count). The van der Waals surface area contributed by atoms with Gasteiger partial charge in [0.25, 0.3) is 0 Å². The van der Waals surface area contributed by atoms with E-state index in [4.69, 9.17) is 0 Å². The van der Waals surface area contributed by atoms with Crippen molar-refractivity contribution in [3.05, 3.63) is 0 Å². The SMILES string of the molecule is O=C(C1CCC1)[C@@H](O)CC1CCCCC1. The minimum atomic E-state index is -0.654. The molecule has 0 aliphatic heterocycles. The summed E-state index contributed by atoms with van der Waals surface area (Å²) in [4.78, 5) is 11.7. The van der Waals surface area contributed by atoms with E-state index >= 15 is 0 Å². The van der Waals surface area contributed by atoms with Gasteiger partial charge in [-0.3, -0.25) is 4.79 Å². The zero-order chi connectivity index (χ0) is 10.7. The molecule has 0 saturated heterocycles. The fourth-order valence-electron chi connectivity index (χ4n) is 2.82. The minimum Gasteiger partial charge on any atom is -0.385 e. The third kappa shape index (κ3) is 2.81. The van der Waals surface area contributed by atoms with Gasteiger partial charge in [0.2, 0.25) is 0 Å². The van der Waals surface area contributed by atoms with Crippen molar-refractivity contribution in [1.29, 1.82) is 0 Å². The number of hydrogen-bond donors (Lipinski definition) is 1. The van der Waals surface area contributed by atoms with Crippen LogP contribution in [0.1, 0.15) is 57.8 Å². The van der Waals surface area contributed by atoms with Gasteiger partial charge < -0.3 is 5.11 Å². The molecule has 2 saturated carbocycles. The summed E-state index contributed by atoms with van der Waals surface area (Å²) in [6, 6.07) is 0. The number of carbonyl (C=O) groups is 1. The Balaban J connectivity index is 1.74. The summed E-state index contributed by atoms with van der Waals surface area (Å²) in [6.07, 6.45) is 9.62. The molecule has 2 aliphatic rings.